The fourth-order valence-electron chi connectivity index (χ4n) is 1.64. The maximum Gasteiger partial charge on any atom is 0.238 e. The van der Waals surface area contributed by atoms with Crippen LogP contribution in [0.3, 0.4) is 0 Å². The number of anilines is 1. The van der Waals surface area contributed by atoms with E-state index in [0.717, 1.165) is 0 Å². The molecule has 0 unspecified atom stereocenters. The first-order valence-electron chi connectivity index (χ1n) is 6.00. The first-order valence-corrected chi connectivity index (χ1v) is 6.00. The van der Waals surface area contributed by atoms with Crippen LogP contribution in [0.5, 0.6) is 5.75 Å². The molecule has 1 aromatic rings. The highest BCUT2D eigenvalue weighted by Crippen LogP contribution is 2.22. The molecule has 0 saturated heterocycles. The highest BCUT2D eigenvalue weighted by molar-refractivity contribution is 5.94. The average Bonchev–Trinajstić information content (AvgIpc) is 2.38. The Labute approximate surface area is 112 Å². The van der Waals surface area contributed by atoms with Crippen LogP contribution in [-0.2, 0) is 9.59 Å². The molecule has 6 nitrogen and oxygen atoms in total. The Kier molecular flexibility index (Phi) is 5.81. The minimum atomic E-state index is -0.452. The lowest BCUT2D eigenvalue weighted by molar-refractivity contribution is -0.121. The standard InChI is InChI=1S/C13H19N3O3/c1-3-16(8-12(14)17)9-13(18)15-10-6-4-5-7-11(10)19-2/h4-7H,3,8-9H2,1-2H3,(H2,14,17)(H,15,18). The van der Waals surface area contributed by atoms with Crippen molar-refractivity contribution in [3.05, 3.63) is 24.3 Å². The molecule has 1 rings (SSSR count). The number of ether oxygens (including phenoxy) is 1. The van der Waals surface area contributed by atoms with Gasteiger partial charge in [-0.2, -0.15) is 0 Å². The van der Waals surface area contributed by atoms with Gasteiger partial charge < -0.3 is 15.8 Å². The number of nitrogens with zero attached hydrogens (tertiary/aromatic N) is 1. The zero-order chi connectivity index (χ0) is 14.3. The van der Waals surface area contributed by atoms with Crippen LogP contribution in [0.4, 0.5) is 5.69 Å². The molecule has 2 amide bonds. The number of carbonyl (C=O) groups is 2. The van der Waals surface area contributed by atoms with Crippen molar-refractivity contribution in [3.63, 3.8) is 0 Å². The van der Waals surface area contributed by atoms with E-state index in [-0.39, 0.29) is 19.0 Å². The van der Waals surface area contributed by atoms with Gasteiger partial charge in [-0.05, 0) is 18.7 Å². The minimum Gasteiger partial charge on any atom is -0.495 e. The fourth-order valence-corrected chi connectivity index (χ4v) is 1.64. The number of hydrogen-bond acceptors (Lipinski definition) is 4. The summed E-state index contributed by atoms with van der Waals surface area (Å²) in [6, 6.07) is 7.14. The van der Waals surface area contributed by atoms with Gasteiger partial charge in [0.2, 0.25) is 11.8 Å². The van der Waals surface area contributed by atoms with Crippen molar-refractivity contribution in [1.29, 1.82) is 0 Å². The maximum absolute atomic E-state index is 11.9. The summed E-state index contributed by atoms with van der Waals surface area (Å²) >= 11 is 0. The number of nitrogens with two attached hydrogens (primary N) is 1. The molecule has 0 saturated carbocycles. The summed E-state index contributed by atoms with van der Waals surface area (Å²) in [4.78, 5) is 24.4. The normalized spacial score (nSPS) is 10.3. The number of nitrogens with one attached hydrogen (secondary N) is 1. The predicted molar refractivity (Wildman–Crippen MR) is 72.9 cm³/mol. The lowest BCUT2D eigenvalue weighted by Crippen LogP contribution is -2.39. The Morgan fingerprint density at radius 3 is 2.58 bits per heavy atom. The van der Waals surface area contributed by atoms with Gasteiger partial charge in [-0.3, -0.25) is 14.5 Å². The molecule has 1 aromatic carbocycles. The van der Waals surface area contributed by atoms with Crippen LogP contribution in [0.1, 0.15) is 6.92 Å². The van der Waals surface area contributed by atoms with Gasteiger partial charge in [-0.1, -0.05) is 19.1 Å². The van der Waals surface area contributed by atoms with Gasteiger partial charge >= 0.3 is 0 Å². The van der Waals surface area contributed by atoms with Crippen molar-refractivity contribution < 1.29 is 14.3 Å². The van der Waals surface area contributed by atoms with E-state index in [9.17, 15) is 9.59 Å². The molecule has 0 bridgehead atoms. The molecule has 0 heterocycles. The second-order valence-electron chi connectivity index (χ2n) is 4.02. The van der Waals surface area contributed by atoms with Gasteiger partial charge in [0, 0.05) is 0 Å². The molecule has 0 fully saturated rings. The van der Waals surface area contributed by atoms with E-state index in [2.05, 4.69) is 5.32 Å². The van der Waals surface area contributed by atoms with E-state index < -0.39 is 5.91 Å². The Morgan fingerprint density at radius 2 is 2.00 bits per heavy atom. The fraction of sp³-hybridized carbons (Fsp3) is 0.385. The summed E-state index contributed by atoms with van der Waals surface area (Å²) in [6.07, 6.45) is 0. The van der Waals surface area contributed by atoms with Crippen molar-refractivity contribution in [1.82, 2.24) is 4.90 Å². The molecule has 19 heavy (non-hydrogen) atoms. The van der Waals surface area contributed by atoms with Gasteiger partial charge in [-0.25, -0.2) is 0 Å². The Balaban J connectivity index is 2.61. The van der Waals surface area contributed by atoms with Crippen molar-refractivity contribution in [2.75, 3.05) is 32.1 Å². The maximum atomic E-state index is 11.9. The van der Waals surface area contributed by atoms with Gasteiger partial charge in [0.05, 0.1) is 25.9 Å². The summed E-state index contributed by atoms with van der Waals surface area (Å²) in [6.45, 7) is 2.61. The van der Waals surface area contributed by atoms with Crippen LogP contribution in [0.15, 0.2) is 24.3 Å². The predicted octanol–water partition coefficient (Wildman–Crippen LogP) is 0.441. The molecule has 0 radical (unpaired) electrons. The minimum absolute atomic E-state index is 0.0653. The Bertz CT molecular complexity index is 449. The van der Waals surface area contributed by atoms with Crippen LogP contribution >= 0.6 is 0 Å². The van der Waals surface area contributed by atoms with E-state index >= 15 is 0 Å². The monoisotopic (exact) mass is 265 g/mol. The van der Waals surface area contributed by atoms with Crippen molar-refractivity contribution in [3.8, 4) is 5.75 Å². The summed E-state index contributed by atoms with van der Waals surface area (Å²) < 4.78 is 5.14. The van der Waals surface area contributed by atoms with Gasteiger partial charge in [-0.15, -0.1) is 0 Å². The van der Waals surface area contributed by atoms with Crippen LogP contribution < -0.4 is 15.8 Å². The molecule has 104 valence electrons. The van der Waals surface area contributed by atoms with E-state index in [1.807, 2.05) is 13.0 Å². The topological polar surface area (TPSA) is 84.7 Å². The zero-order valence-electron chi connectivity index (χ0n) is 11.2. The molecule has 0 spiro atoms. The van der Waals surface area contributed by atoms with Crippen molar-refractivity contribution in [2.24, 2.45) is 5.73 Å². The molecule has 0 aliphatic heterocycles. The first-order chi connectivity index (χ1) is 9.06. The van der Waals surface area contributed by atoms with Crippen LogP contribution in [-0.4, -0.2) is 43.5 Å². The average molecular weight is 265 g/mol. The Hall–Kier alpha value is -2.08. The summed E-state index contributed by atoms with van der Waals surface area (Å²) in [5.41, 5.74) is 5.71. The number of likely N-dealkylation sites (N-methyl/N-ethyl adjacent to an activating group) is 1. The molecule has 0 atom stereocenters. The molecular formula is C13H19N3O3. The lowest BCUT2D eigenvalue weighted by Gasteiger charge is -2.18. The quantitative estimate of drug-likeness (QED) is 0.749. The largest absolute Gasteiger partial charge is 0.495 e. The summed E-state index contributed by atoms with van der Waals surface area (Å²) in [5.74, 6) is -0.0756. The summed E-state index contributed by atoms with van der Waals surface area (Å²) in [5, 5.41) is 2.74. The number of rotatable bonds is 7. The van der Waals surface area contributed by atoms with E-state index in [1.165, 1.54) is 7.11 Å². The van der Waals surface area contributed by atoms with E-state index in [4.69, 9.17) is 10.5 Å². The third-order valence-corrected chi connectivity index (χ3v) is 2.57. The SMILES string of the molecule is CCN(CC(N)=O)CC(=O)Nc1ccccc1OC. The number of hydrogen-bond donors (Lipinski definition) is 2. The Morgan fingerprint density at radius 1 is 1.32 bits per heavy atom. The third-order valence-electron chi connectivity index (χ3n) is 2.57. The van der Waals surface area contributed by atoms with Gasteiger partial charge in [0.15, 0.2) is 0 Å². The van der Waals surface area contributed by atoms with Crippen LogP contribution in [0.2, 0.25) is 0 Å². The smallest absolute Gasteiger partial charge is 0.238 e. The van der Waals surface area contributed by atoms with Gasteiger partial charge in [0.1, 0.15) is 5.75 Å². The molecule has 6 heteroatoms. The van der Waals surface area contributed by atoms with Crippen LogP contribution in [0.25, 0.3) is 0 Å². The molecular weight excluding hydrogens is 246 g/mol. The number of carbonyl (C=O) groups excluding carboxylic acids is 2. The van der Waals surface area contributed by atoms with E-state index in [1.54, 1.807) is 23.1 Å². The molecule has 0 aliphatic carbocycles. The van der Waals surface area contributed by atoms with E-state index in [0.29, 0.717) is 18.0 Å². The first kappa shape index (κ1) is 15.0. The van der Waals surface area contributed by atoms with Gasteiger partial charge in [0.25, 0.3) is 0 Å². The highest BCUT2D eigenvalue weighted by atomic mass is 16.5. The third kappa shape index (κ3) is 4.97. The number of benzene rings is 1. The zero-order valence-corrected chi connectivity index (χ0v) is 11.2. The molecule has 0 aliphatic rings. The number of para-hydroxylation sites is 2. The second-order valence-corrected chi connectivity index (χ2v) is 4.02. The number of primary amides is 1. The molecule has 3 N–H and O–H groups in total. The van der Waals surface area contributed by atoms with Crippen LogP contribution in [0, 0.1) is 0 Å². The van der Waals surface area contributed by atoms with Crippen molar-refractivity contribution in [2.45, 2.75) is 6.92 Å². The van der Waals surface area contributed by atoms with Crippen molar-refractivity contribution >= 4 is 17.5 Å². The lowest BCUT2D eigenvalue weighted by atomic mass is 10.3. The number of methoxy groups -OCH3 is 1. The number of amides is 2. The molecule has 0 aromatic heterocycles. The second kappa shape index (κ2) is 7.38. The highest BCUT2D eigenvalue weighted by Gasteiger charge is 2.12. The summed E-state index contributed by atoms with van der Waals surface area (Å²) in [7, 11) is 1.54.